The number of nitrogen functional groups attached to an aromatic ring is 1. The molecule has 3 rings (SSSR count). The van der Waals surface area contributed by atoms with Gasteiger partial charge in [0, 0.05) is 18.8 Å². The molecule has 0 aromatic heterocycles. The van der Waals surface area contributed by atoms with Crippen molar-refractivity contribution in [1.29, 1.82) is 5.26 Å². The molecule has 0 fully saturated rings. The van der Waals surface area contributed by atoms with Gasteiger partial charge in [0.1, 0.15) is 6.07 Å². The maximum absolute atomic E-state index is 9.24. The van der Waals surface area contributed by atoms with E-state index in [0.29, 0.717) is 11.3 Å². The largest absolute Gasteiger partial charge is 0.399 e. The van der Waals surface area contributed by atoms with Crippen LogP contribution in [0.2, 0.25) is 0 Å². The summed E-state index contributed by atoms with van der Waals surface area (Å²) in [6.07, 6.45) is 1.02. The second-order valence-electron chi connectivity index (χ2n) is 4.83. The van der Waals surface area contributed by atoms with Gasteiger partial charge in [0.2, 0.25) is 0 Å². The summed E-state index contributed by atoms with van der Waals surface area (Å²) in [7, 11) is 0. The zero-order valence-electron chi connectivity index (χ0n) is 10.6. The third-order valence-corrected chi connectivity index (χ3v) is 3.61. The number of rotatable bonds is 1. The Morgan fingerprint density at radius 2 is 1.89 bits per heavy atom. The molecule has 0 radical (unpaired) electrons. The van der Waals surface area contributed by atoms with E-state index in [4.69, 9.17) is 5.73 Å². The maximum Gasteiger partial charge on any atom is 0.101 e. The van der Waals surface area contributed by atoms with Crippen molar-refractivity contribution in [2.24, 2.45) is 0 Å². The summed E-state index contributed by atoms with van der Waals surface area (Å²) in [4.78, 5) is 2.25. The van der Waals surface area contributed by atoms with Crippen LogP contribution in [0.25, 0.3) is 0 Å². The summed E-state index contributed by atoms with van der Waals surface area (Å²) in [5, 5.41) is 9.24. The molecular weight excluding hydrogens is 234 g/mol. The highest BCUT2D eigenvalue weighted by atomic mass is 15.1. The van der Waals surface area contributed by atoms with E-state index in [-0.39, 0.29) is 0 Å². The molecule has 0 saturated carbocycles. The van der Waals surface area contributed by atoms with Crippen molar-refractivity contribution in [3.8, 4) is 6.07 Å². The molecule has 0 bridgehead atoms. The van der Waals surface area contributed by atoms with Gasteiger partial charge >= 0.3 is 0 Å². The summed E-state index contributed by atoms with van der Waals surface area (Å²) in [6.45, 7) is 1.80. The molecule has 3 nitrogen and oxygen atoms in total. The fraction of sp³-hybridized carbons (Fsp3) is 0.188. The number of nitrogens with two attached hydrogens (primary N) is 1. The number of hydrogen-bond acceptors (Lipinski definition) is 3. The first-order chi connectivity index (χ1) is 9.28. The lowest BCUT2D eigenvalue weighted by Gasteiger charge is -2.31. The lowest BCUT2D eigenvalue weighted by molar-refractivity contribution is 0.731. The lowest BCUT2D eigenvalue weighted by Crippen LogP contribution is -2.30. The van der Waals surface area contributed by atoms with Crippen LogP contribution in [0.4, 0.5) is 11.4 Å². The van der Waals surface area contributed by atoms with E-state index in [0.717, 1.165) is 25.2 Å². The summed E-state index contributed by atoms with van der Waals surface area (Å²) < 4.78 is 0. The molecule has 2 aromatic rings. The van der Waals surface area contributed by atoms with E-state index in [1.165, 1.54) is 11.1 Å². The summed E-state index contributed by atoms with van der Waals surface area (Å²) >= 11 is 0. The number of anilines is 2. The first kappa shape index (κ1) is 11.6. The van der Waals surface area contributed by atoms with Crippen molar-refractivity contribution in [2.75, 3.05) is 17.2 Å². The van der Waals surface area contributed by atoms with Crippen molar-refractivity contribution in [3.63, 3.8) is 0 Å². The fourth-order valence-corrected chi connectivity index (χ4v) is 2.62. The highest BCUT2D eigenvalue weighted by Gasteiger charge is 2.18. The molecule has 0 saturated heterocycles. The molecule has 2 N–H and O–H groups in total. The van der Waals surface area contributed by atoms with Crippen molar-refractivity contribution in [2.45, 2.75) is 13.0 Å². The first-order valence-corrected chi connectivity index (χ1v) is 6.39. The predicted molar refractivity (Wildman–Crippen MR) is 76.8 cm³/mol. The van der Waals surface area contributed by atoms with Gasteiger partial charge in [0.05, 0.1) is 11.3 Å². The first-order valence-electron chi connectivity index (χ1n) is 6.39. The van der Waals surface area contributed by atoms with Crippen LogP contribution in [0.1, 0.15) is 16.7 Å². The third-order valence-electron chi connectivity index (χ3n) is 3.61. The predicted octanol–water partition coefficient (Wildman–Crippen LogP) is 2.70. The van der Waals surface area contributed by atoms with Gasteiger partial charge in [-0.15, -0.1) is 0 Å². The Bertz CT molecular complexity index is 655. The van der Waals surface area contributed by atoms with Gasteiger partial charge in [0.15, 0.2) is 0 Å². The van der Waals surface area contributed by atoms with E-state index in [1.54, 1.807) is 6.07 Å². The Morgan fingerprint density at radius 1 is 1.11 bits per heavy atom. The normalized spacial score (nSPS) is 13.7. The Balaban J connectivity index is 1.96. The van der Waals surface area contributed by atoms with Crippen LogP contribution < -0.4 is 10.6 Å². The lowest BCUT2D eigenvalue weighted by atomic mass is 9.99. The molecule has 0 unspecified atom stereocenters. The van der Waals surface area contributed by atoms with Gasteiger partial charge in [-0.25, -0.2) is 0 Å². The molecule has 94 valence electrons. The summed E-state index contributed by atoms with van der Waals surface area (Å²) in [5.74, 6) is 0. The van der Waals surface area contributed by atoms with Crippen molar-refractivity contribution < 1.29 is 0 Å². The van der Waals surface area contributed by atoms with Crippen molar-refractivity contribution >= 4 is 11.4 Å². The minimum atomic E-state index is 0.637. The van der Waals surface area contributed by atoms with E-state index in [9.17, 15) is 5.26 Å². The summed E-state index contributed by atoms with van der Waals surface area (Å²) in [6, 6.07) is 16.3. The van der Waals surface area contributed by atoms with Crippen LogP contribution in [0.5, 0.6) is 0 Å². The monoisotopic (exact) mass is 249 g/mol. The van der Waals surface area contributed by atoms with Crippen LogP contribution >= 0.6 is 0 Å². The van der Waals surface area contributed by atoms with Crippen molar-refractivity contribution in [3.05, 3.63) is 59.2 Å². The van der Waals surface area contributed by atoms with Gasteiger partial charge in [-0.05, 0) is 35.7 Å². The van der Waals surface area contributed by atoms with Gasteiger partial charge < -0.3 is 10.6 Å². The highest BCUT2D eigenvalue weighted by molar-refractivity contribution is 5.65. The quantitative estimate of drug-likeness (QED) is 0.791. The standard InChI is InChI=1S/C16H15N3/c17-10-14-9-15(18)5-6-16(14)19-8-7-12-3-1-2-4-13(12)11-19/h1-6,9H,7-8,11,18H2. The van der Waals surface area contributed by atoms with Crippen LogP contribution in [0.15, 0.2) is 42.5 Å². The number of nitriles is 1. The van der Waals surface area contributed by atoms with Crippen LogP contribution in [0, 0.1) is 11.3 Å². The van der Waals surface area contributed by atoms with E-state index >= 15 is 0 Å². The zero-order valence-corrected chi connectivity index (χ0v) is 10.6. The number of hydrogen-bond donors (Lipinski definition) is 1. The fourth-order valence-electron chi connectivity index (χ4n) is 2.62. The number of fused-ring (bicyclic) bond motifs is 1. The molecule has 1 aliphatic heterocycles. The topological polar surface area (TPSA) is 53.1 Å². The van der Waals surface area contributed by atoms with E-state index in [1.807, 2.05) is 12.1 Å². The molecular formula is C16H15N3. The second kappa shape index (κ2) is 4.66. The SMILES string of the molecule is N#Cc1cc(N)ccc1N1CCc2ccccc2C1. The Kier molecular flexibility index (Phi) is 2.85. The maximum atomic E-state index is 9.24. The number of nitrogens with zero attached hydrogens (tertiary/aromatic N) is 2. The van der Waals surface area contributed by atoms with E-state index < -0.39 is 0 Å². The molecule has 0 spiro atoms. The average molecular weight is 249 g/mol. The average Bonchev–Trinajstić information content (AvgIpc) is 2.46. The third kappa shape index (κ3) is 2.13. The molecule has 0 aliphatic carbocycles. The van der Waals surface area contributed by atoms with Gasteiger partial charge in [-0.3, -0.25) is 0 Å². The minimum Gasteiger partial charge on any atom is -0.399 e. The molecule has 0 atom stereocenters. The van der Waals surface area contributed by atoms with Crippen LogP contribution in [-0.4, -0.2) is 6.54 Å². The van der Waals surface area contributed by atoms with Crippen molar-refractivity contribution in [1.82, 2.24) is 0 Å². The molecule has 0 amide bonds. The van der Waals surface area contributed by atoms with Gasteiger partial charge in [0.25, 0.3) is 0 Å². The molecule has 3 heteroatoms. The Hall–Kier alpha value is -2.47. The van der Waals surface area contributed by atoms with Gasteiger partial charge in [-0.1, -0.05) is 24.3 Å². The minimum absolute atomic E-state index is 0.637. The Labute approximate surface area is 112 Å². The van der Waals surface area contributed by atoms with Crippen LogP contribution in [0.3, 0.4) is 0 Å². The molecule has 1 heterocycles. The van der Waals surface area contributed by atoms with E-state index in [2.05, 4.69) is 35.2 Å². The molecule has 19 heavy (non-hydrogen) atoms. The highest BCUT2D eigenvalue weighted by Crippen LogP contribution is 2.28. The smallest absolute Gasteiger partial charge is 0.101 e. The summed E-state index contributed by atoms with van der Waals surface area (Å²) in [5.41, 5.74) is 10.8. The zero-order chi connectivity index (χ0) is 13.2. The molecule has 1 aliphatic rings. The second-order valence-corrected chi connectivity index (χ2v) is 4.83. The Morgan fingerprint density at radius 3 is 2.68 bits per heavy atom. The number of benzene rings is 2. The molecule has 2 aromatic carbocycles. The van der Waals surface area contributed by atoms with Crippen LogP contribution in [-0.2, 0) is 13.0 Å². The van der Waals surface area contributed by atoms with Gasteiger partial charge in [-0.2, -0.15) is 5.26 Å².